The van der Waals surface area contributed by atoms with Crippen LogP contribution in [0.4, 0.5) is 0 Å². The fraction of sp³-hybridized carbons (Fsp3) is 0.615. The van der Waals surface area contributed by atoms with Gasteiger partial charge in [0.2, 0.25) is 0 Å². The highest BCUT2D eigenvalue weighted by molar-refractivity contribution is 5.73. The first-order valence-corrected chi connectivity index (χ1v) is 5.94. The van der Waals surface area contributed by atoms with Gasteiger partial charge < -0.3 is 9.84 Å². The van der Waals surface area contributed by atoms with Gasteiger partial charge in [-0.05, 0) is 37.8 Å². The number of carboxylic acid groups (broad SMARTS) is 1. The predicted molar refractivity (Wildman–Crippen MR) is 65.2 cm³/mol. The third kappa shape index (κ3) is 4.09. The van der Waals surface area contributed by atoms with E-state index in [0.717, 1.165) is 24.2 Å². The molecule has 1 heterocycles. The fourth-order valence-electron chi connectivity index (χ4n) is 1.52. The highest BCUT2D eigenvalue weighted by Gasteiger charge is 2.26. The molecule has 3 nitrogen and oxygen atoms in total. The lowest BCUT2D eigenvalue weighted by Crippen LogP contribution is -2.27. The van der Waals surface area contributed by atoms with Crippen molar-refractivity contribution < 1.29 is 14.6 Å². The maximum Gasteiger partial charge on any atom is 0.344 e. The summed E-state index contributed by atoms with van der Waals surface area (Å²) < 4.78 is 5.39. The van der Waals surface area contributed by atoms with Gasteiger partial charge in [-0.2, -0.15) is 0 Å². The van der Waals surface area contributed by atoms with E-state index in [2.05, 4.69) is 0 Å². The Bertz CT molecular complexity index is 277. The molecule has 3 heteroatoms. The number of aliphatic carboxylic acids is 1. The molecule has 16 heavy (non-hydrogen) atoms. The summed E-state index contributed by atoms with van der Waals surface area (Å²) in [5.41, 5.74) is 1.12. The quantitative estimate of drug-likeness (QED) is 0.783. The van der Waals surface area contributed by atoms with Gasteiger partial charge in [0, 0.05) is 0 Å². The summed E-state index contributed by atoms with van der Waals surface area (Å²) >= 11 is 0. The number of rotatable bonds is 2. The van der Waals surface area contributed by atoms with E-state index in [9.17, 15) is 4.79 Å². The largest absolute Gasteiger partial charge is 0.479 e. The predicted octanol–water partition coefficient (Wildman–Crippen LogP) is 3.52. The highest BCUT2D eigenvalue weighted by atomic mass is 16.5. The van der Waals surface area contributed by atoms with Crippen LogP contribution in [0.3, 0.4) is 0 Å². The van der Waals surface area contributed by atoms with Gasteiger partial charge in [-0.3, -0.25) is 0 Å². The van der Waals surface area contributed by atoms with Gasteiger partial charge in [-0.25, -0.2) is 4.79 Å². The minimum absolute atomic E-state index is 0.566. The summed E-state index contributed by atoms with van der Waals surface area (Å²) in [4.78, 5) is 10.7. The van der Waals surface area contributed by atoms with Gasteiger partial charge in [-0.1, -0.05) is 26.8 Å². The fourth-order valence-corrected chi connectivity index (χ4v) is 1.52. The van der Waals surface area contributed by atoms with Crippen molar-refractivity contribution in [1.82, 2.24) is 0 Å². The maximum atomic E-state index is 10.7. The molecule has 1 unspecified atom stereocenters. The average Bonchev–Trinajstić information content (AvgIpc) is 2.32. The summed E-state index contributed by atoms with van der Waals surface area (Å²) in [6.07, 6.45) is 5.47. The van der Waals surface area contributed by atoms with E-state index in [4.69, 9.17) is 9.84 Å². The number of ether oxygens (including phenoxy) is 1. The molecule has 92 valence electrons. The molecule has 0 aliphatic carbocycles. The SMILES string of the molecule is C/C=C1/CCC(C(=O)O)O/C1=C/CC.CC. The number of carboxylic acids is 1. The third-order valence-corrected chi connectivity index (χ3v) is 2.27. The van der Waals surface area contributed by atoms with Crippen LogP contribution in [-0.2, 0) is 9.53 Å². The van der Waals surface area contributed by atoms with Crippen LogP contribution in [0, 0.1) is 0 Å². The normalized spacial score (nSPS) is 24.6. The zero-order chi connectivity index (χ0) is 12.6. The van der Waals surface area contributed by atoms with Crippen molar-refractivity contribution >= 4 is 5.97 Å². The van der Waals surface area contributed by atoms with Gasteiger partial charge in [0.05, 0.1) is 0 Å². The first-order valence-electron chi connectivity index (χ1n) is 5.94. The van der Waals surface area contributed by atoms with Crippen molar-refractivity contribution in [3.63, 3.8) is 0 Å². The molecular weight excluding hydrogens is 204 g/mol. The van der Waals surface area contributed by atoms with E-state index in [-0.39, 0.29) is 0 Å². The van der Waals surface area contributed by atoms with Crippen molar-refractivity contribution in [3.8, 4) is 0 Å². The molecule has 1 atom stereocenters. The van der Waals surface area contributed by atoms with Gasteiger partial charge >= 0.3 is 5.97 Å². The second-order valence-corrected chi connectivity index (χ2v) is 3.27. The molecule has 1 saturated heterocycles. The van der Waals surface area contributed by atoms with Crippen LogP contribution < -0.4 is 0 Å². The topological polar surface area (TPSA) is 46.5 Å². The number of hydrogen-bond acceptors (Lipinski definition) is 2. The maximum absolute atomic E-state index is 10.7. The van der Waals surface area contributed by atoms with E-state index in [1.165, 1.54) is 0 Å². The minimum atomic E-state index is -0.873. The standard InChI is InChI=1S/C11H16O3.C2H6/c1-3-5-9-8(4-2)6-7-10(14-9)11(12)13;1-2/h4-5,10H,3,6-7H2,1-2H3,(H,12,13);1-2H3/b8-4-,9-5+;. The third-order valence-electron chi connectivity index (χ3n) is 2.27. The lowest BCUT2D eigenvalue weighted by Gasteiger charge is -2.25. The monoisotopic (exact) mass is 226 g/mol. The number of allylic oxidation sites excluding steroid dienone is 3. The molecule has 0 amide bonds. The van der Waals surface area contributed by atoms with Crippen molar-refractivity contribution in [2.45, 2.75) is 53.1 Å². The van der Waals surface area contributed by atoms with Crippen LogP contribution in [0.25, 0.3) is 0 Å². The molecular formula is C13H22O3. The van der Waals surface area contributed by atoms with Crippen LogP contribution in [0.5, 0.6) is 0 Å². The Labute approximate surface area is 97.8 Å². The number of hydrogen-bond donors (Lipinski definition) is 1. The molecule has 0 aromatic carbocycles. The Morgan fingerprint density at radius 1 is 1.56 bits per heavy atom. The van der Waals surface area contributed by atoms with Gasteiger partial charge in [-0.15, -0.1) is 0 Å². The molecule has 0 aromatic rings. The smallest absolute Gasteiger partial charge is 0.344 e. The molecule has 1 rings (SSSR count). The molecule has 1 N–H and O–H groups in total. The van der Waals surface area contributed by atoms with Crippen molar-refractivity contribution in [1.29, 1.82) is 0 Å². The zero-order valence-corrected chi connectivity index (χ0v) is 10.6. The van der Waals surface area contributed by atoms with Gasteiger partial charge in [0.15, 0.2) is 6.10 Å². The molecule has 0 bridgehead atoms. The van der Waals surface area contributed by atoms with Crippen molar-refractivity contribution in [2.24, 2.45) is 0 Å². The molecule has 1 aliphatic heterocycles. The van der Waals surface area contributed by atoms with E-state index in [1.54, 1.807) is 0 Å². The van der Waals surface area contributed by atoms with Crippen LogP contribution >= 0.6 is 0 Å². The summed E-state index contributed by atoms with van der Waals surface area (Å²) in [7, 11) is 0. The lowest BCUT2D eigenvalue weighted by molar-refractivity contribution is -0.148. The highest BCUT2D eigenvalue weighted by Crippen LogP contribution is 2.27. The van der Waals surface area contributed by atoms with Crippen molar-refractivity contribution in [2.75, 3.05) is 0 Å². The molecule has 0 saturated carbocycles. The first kappa shape index (κ1) is 14.8. The van der Waals surface area contributed by atoms with E-state index < -0.39 is 12.1 Å². The molecule has 1 fully saturated rings. The summed E-state index contributed by atoms with van der Waals surface area (Å²) in [6.45, 7) is 7.96. The second-order valence-electron chi connectivity index (χ2n) is 3.27. The zero-order valence-electron chi connectivity index (χ0n) is 10.6. The Morgan fingerprint density at radius 3 is 2.62 bits per heavy atom. The van der Waals surface area contributed by atoms with Crippen LogP contribution in [0.1, 0.15) is 47.0 Å². The first-order chi connectivity index (χ1) is 7.69. The average molecular weight is 226 g/mol. The molecule has 1 aliphatic rings. The van der Waals surface area contributed by atoms with Gasteiger partial charge in [0.25, 0.3) is 0 Å². The van der Waals surface area contributed by atoms with Crippen LogP contribution in [0.15, 0.2) is 23.5 Å². The molecule has 0 spiro atoms. The van der Waals surface area contributed by atoms with E-state index in [0.29, 0.717) is 6.42 Å². The van der Waals surface area contributed by atoms with E-state index in [1.807, 2.05) is 39.8 Å². The lowest BCUT2D eigenvalue weighted by atomic mass is 10.0. The number of carbonyl (C=O) groups is 1. The molecule has 0 aromatic heterocycles. The molecule has 0 radical (unpaired) electrons. The van der Waals surface area contributed by atoms with Crippen LogP contribution in [-0.4, -0.2) is 17.2 Å². The second kappa shape index (κ2) is 7.97. The summed E-state index contributed by atoms with van der Waals surface area (Å²) in [5.74, 6) is -0.129. The summed E-state index contributed by atoms with van der Waals surface area (Å²) in [6, 6.07) is 0. The van der Waals surface area contributed by atoms with Crippen molar-refractivity contribution in [3.05, 3.63) is 23.5 Å². The Morgan fingerprint density at radius 2 is 2.19 bits per heavy atom. The van der Waals surface area contributed by atoms with Crippen LogP contribution in [0.2, 0.25) is 0 Å². The Hall–Kier alpha value is -1.25. The minimum Gasteiger partial charge on any atom is -0.479 e. The Kier molecular flexibility index (Phi) is 7.34. The summed E-state index contributed by atoms with van der Waals surface area (Å²) in [5, 5.41) is 8.81. The van der Waals surface area contributed by atoms with E-state index >= 15 is 0 Å². The van der Waals surface area contributed by atoms with Gasteiger partial charge in [0.1, 0.15) is 5.76 Å². The Balaban J connectivity index is 0.00000106.